The number of nitrogens with zero attached hydrogens (tertiary/aromatic N) is 1. The molecule has 0 fully saturated rings. The third-order valence-corrected chi connectivity index (χ3v) is 3.50. The van der Waals surface area contributed by atoms with Gasteiger partial charge in [0.05, 0.1) is 16.4 Å². The van der Waals surface area contributed by atoms with Gasteiger partial charge in [-0.05, 0) is 19.1 Å². The van der Waals surface area contributed by atoms with Crippen molar-refractivity contribution in [3.63, 3.8) is 0 Å². The Morgan fingerprint density at radius 1 is 1.56 bits per heavy atom. The topological polar surface area (TPSA) is 68.0 Å². The zero-order chi connectivity index (χ0) is 13.3. The van der Waals surface area contributed by atoms with E-state index in [1.165, 1.54) is 12.1 Å². The number of hydrogen-bond acceptors (Lipinski definition) is 4. The standard InChI is InChI=1S/C11H9ClFN3OS/c1-5-9(18-11(14)15-5)10(17)16-7-4-2-3-6(12)8(7)13/h2-4H,1H3,(H2,14,15)(H,16,17). The molecule has 0 aliphatic carbocycles. The maximum atomic E-state index is 13.6. The van der Waals surface area contributed by atoms with Gasteiger partial charge in [0.15, 0.2) is 10.9 Å². The summed E-state index contributed by atoms with van der Waals surface area (Å²) in [5, 5.41) is 2.69. The molecule has 0 unspecified atom stereocenters. The molecule has 4 nitrogen and oxygen atoms in total. The minimum absolute atomic E-state index is 0.0267. The number of carbonyl (C=O) groups is 1. The smallest absolute Gasteiger partial charge is 0.267 e. The molecule has 0 saturated carbocycles. The summed E-state index contributed by atoms with van der Waals surface area (Å²) in [6.07, 6.45) is 0. The first-order valence-electron chi connectivity index (χ1n) is 4.97. The predicted molar refractivity (Wildman–Crippen MR) is 70.6 cm³/mol. The van der Waals surface area contributed by atoms with Gasteiger partial charge in [0.1, 0.15) is 4.88 Å². The van der Waals surface area contributed by atoms with Crippen LogP contribution in [0.2, 0.25) is 5.02 Å². The van der Waals surface area contributed by atoms with E-state index in [0.717, 1.165) is 11.3 Å². The third-order valence-electron chi connectivity index (χ3n) is 2.22. The van der Waals surface area contributed by atoms with E-state index in [0.29, 0.717) is 15.7 Å². The fourth-order valence-corrected chi connectivity index (χ4v) is 2.31. The highest BCUT2D eigenvalue weighted by Gasteiger charge is 2.16. The second kappa shape index (κ2) is 4.91. The van der Waals surface area contributed by atoms with E-state index in [1.807, 2.05) is 0 Å². The molecule has 0 bridgehead atoms. The van der Waals surface area contributed by atoms with Crippen LogP contribution in [0.1, 0.15) is 15.4 Å². The zero-order valence-electron chi connectivity index (χ0n) is 9.33. The third kappa shape index (κ3) is 2.44. The van der Waals surface area contributed by atoms with Crippen LogP contribution in [-0.2, 0) is 0 Å². The summed E-state index contributed by atoms with van der Waals surface area (Å²) in [6, 6.07) is 4.39. The Labute approximate surface area is 112 Å². The van der Waals surface area contributed by atoms with E-state index in [4.69, 9.17) is 17.3 Å². The number of anilines is 2. The van der Waals surface area contributed by atoms with Gasteiger partial charge in [-0.2, -0.15) is 0 Å². The Hall–Kier alpha value is -1.66. The van der Waals surface area contributed by atoms with Crippen molar-refractivity contribution in [3.05, 3.63) is 39.6 Å². The predicted octanol–water partition coefficient (Wildman–Crippen LogP) is 3.08. The molecule has 0 atom stereocenters. The van der Waals surface area contributed by atoms with Crippen LogP contribution >= 0.6 is 22.9 Å². The van der Waals surface area contributed by atoms with Crippen LogP contribution in [0.3, 0.4) is 0 Å². The molecule has 3 N–H and O–H groups in total. The molecule has 1 aromatic heterocycles. The average Bonchev–Trinajstić information content (AvgIpc) is 2.64. The van der Waals surface area contributed by atoms with E-state index >= 15 is 0 Å². The van der Waals surface area contributed by atoms with Gasteiger partial charge in [-0.3, -0.25) is 4.79 Å². The van der Waals surface area contributed by atoms with Crippen molar-refractivity contribution in [1.29, 1.82) is 0 Å². The van der Waals surface area contributed by atoms with Crippen LogP contribution in [0.25, 0.3) is 0 Å². The number of nitrogen functional groups attached to an aromatic ring is 1. The second-order valence-electron chi connectivity index (χ2n) is 3.52. The van der Waals surface area contributed by atoms with Crippen molar-refractivity contribution in [2.75, 3.05) is 11.1 Å². The number of nitrogens with two attached hydrogens (primary N) is 1. The van der Waals surface area contributed by atoms with E-state index in [9.17, 15) is 9.18 Å². The number of thiazole rings is 1. The Morgan fingerprint density at radius 2 is 2.28 bits per heavy atom. The average molecular weight is 286 g/mol. The molecule has 0 spiro atoms. The first kappa shape index (κ1) is 12.8. The summed E-state index contributed by atoms with van der Waals surface area (Å²) in [4.78, 5) is 16.2. The van der Waals surface area contributed by atoms with Crippen molar-refractivity contribution >= 4 is 39.7 Å². The summed E-state index contributed by atoms with van der Waals surface area (Å²) < 4.78 is 13.6. The number of amides is 1. The Kier molecular flexibility index (Phi) is 3.49. The zero-order valence-corrected chi connectivity index (χ0v) is 10.9. The Bertz CT molecular complexity index is 614. The fraction of sp³-hybridized carbons (Fsp3) is 0.0909. The van der Waals surface area contributed by atoms with Crippen LogP contribution in [0, 0.1) is 12.7 Å². The molecule has 0 radical (unpaired) electrons. The van der Waals surface area contributed by atoms with Gasteiger partial charge in [0.2, 0.25) is 0 Å². The van der Waals surface area contributed by atoms with Gasteiger partial charge in [0, 0.05) is 0 Å². The first-order valence-corrected chi connectivity index (χ1v) is 6.16. The van der Waals surface area contributed by atoms with Gasteiger partial charge >= 0.3 is 0 Å². The van der Waals surface area contributed by atoms with E-state index in [1.54, 1.807) is 13.0 Å². The van der Waals surface area contributed by atoms with Crippen molar-refractivity contribution < 1.29 is 9.18 Å². The monoisotopic (exact) mass is 285 g/mol. The number of rotatable bonds is 2. The first-order chi connectivity index (χ1) is 8.49. The largest absolute Gasteiger partial charge is 0.375 e. The molecule has 1 amide bonds. The summed E-state index contributed by atoms with van der Waals surface area (Å²) in [5.41, 5.74) is 6.04. The number of hydrogen-bond donors (Lipinski definition) is 2. The van der Waals surface area contributed by atoms with Crippen LogP contribution in [0.15, 0.2) is 18.2 Å². The highest BCUT2D eigenvalue weighted by Crippen LogP contribution is 2.25. The lowest BCUT2D eigenvalue weighted by molar-refractivity contribution is 0.102. The van der Waals surface area contributed by atoms with E-state index in [2.05, 4.69) is 10.3 Å². The summed E-state index contributed by atoms with van der Waals surface area (Å²) in [5.74, 6) is -1.12. The van der Waals surface area contributed by atoms with Gasteiger partial charge < -0.3 is 11.1 Å². The molecular weight excluding hydrogens is 277 g/mol. The number of benzene rings is 1. The highest BCUT2D eigenvalue weighted by atomic mass is 35.5. The normalized spacial score (nSPS) is 10.4. The summed E-state index contributed by atoms with van der Waals surface area (Å²) in [7, 11) is 0. The Morgan fingerprint density at radius 3 is 2.89 bits per heavy atom. The van der Waals surface area contributed by atoms with Crippen LogP contribution in [0.4, 0.5) is 15.2 Å². The SMILES string of the molecule is Cc1nc(N)sc1C(=O)Nc1cccc(Cl)c1F. The van der Waals surface area contributed by atoms with Gasteiger partial charge in [0.25, 0.3) is 5.91 Å². The highest BCUT2D eigenvalue weighted by molar-refractivity contribution is 7.17. The van der Waals surface area contributed by atoms with Crippen LogP contribution in [0.5, 0.6) is 0 Å². The molecule has 0 aliphatic heterocycles. The fourth-order valence-electron chi connectivity index (χ4n) is 1.41. The molecule has 0 saturated heterocycles. The minimum atomic E-state index is -0.664. The minimum Gasteiger partial charge on any atom is -0.375 e. The van der Waals surface area contributed by atoms with E-state index in [-0.39, 0.29) is 10.7 Å². The summed E-state index contributed by atoms with van der Waals surface area (Å²) >= 11 is 6.67. The van der Waals surface area contributed by atoms with Crippen molar-refractivity contribution in [3.8, 4) is 0 Å². The molecule has 0 aliphatic rings. The van der Waals surface area contributed by atoms with Crippen molar-refractivity contribution in [2.45, 2.75) is 6.92 Å². The summed E-state index contributed by atoms with van der Waals surface area (Å²) in [6.45, 7) is 1.66. The lowest BCUT2D eigenvalue weighted by Crippen LogP contribution is -2.12. The molecular formula is C11H9ClFN3OS. The van der Waals surface area contributed by atoms with Gasteiger partial charge in [-0.15, -0.1) is 0 Å². The molecule has 7 heteroatoms. The number of carbonyl (C=O) groups excluding carboxylic acids is 1. The van der Waals surface area contributed by atoms with Gasteiger partial charge in [-0.1, -0.05) is 29.0 Å². The Balaban J connectivity index is 2.27. The lowest BCUT2D eigenvalue weighted by Gasteiger charge is -2.06. The molecule has 18 heavy (non-hydrogen) atoms. The quantitative estimate of drug-likeness (QED) is 0.891. The van der Waals surface area contributed by atoms with Crippen molar-refractivity contribution in [2.24, 2.45) is 0 Å². The number of halogens is 2. The number of nitrogens with one attached hydrogen (secondary N) is 1. The molecule has 1 heterocycles. The molecule has 94 valence electrons. The van der Waals surface area contributed by atoms with E-state index < -0.39 is 11.7 Å². The van der Waals surface area contributed by atoms with Crippen LogP contribution in [-0.4, -0.2) is 10.9 Å². The van der Waals surface area contributed by atoms with Crippen LogP contribution < -0.4 is 11.1 Å². The van der Waals surface area contributed by atoms with Crippen molar-refractivity contribution in [1.82, 2.24) is 4.98 Å². The van der Waals surface area contributed by atoms with Gasteiger partial charge in [-0.25, -0.2) is 9.37 Å². The maximum Gasteiger partial charge on any atom is 0.267 e. The maximum absolute atomic E-state index is 13.6. The lowest BCUT2D eigenvalue weighted by atomic mass is 10.3. The molecule has 2 aromatic rings. The number of aryl methyl sites for hydroxylation is 1. The number of aromatic nitrogens is 1. The second-order valence-corrected chi connectivity index (χ2v) is 4.96. The molecule has 1 aromatic carbocycles. The molecule has 2 rings (SSSR count).